The largest absolute Gasteiger partial charge is 0.497 e. The first-order chi connectivity index (χ1) is 15.8. The lowest BCUT2D eigenvalue weighted by atomic mass is 10.1. The van der Waals surface area contributed by atoms with Crippen molar-refractivity contribution in [1.29, 1.82) is 0 Å². The number of carbonyl (C=O) groups is 1. The van der Waals surface area contributed by atoms with Crippen molar-refractivity contribution in [2.45, 2.75) is 18.3 Å². The fraction of sp³-hybridized carbons (Fsp3) is 0.318. The summed E-state index contributed by atoms with van der Waals surface area (Å²) < 4.78 is 25.1. The molecule has 1 aliphatic rings. The van der Waals surface area contributed by atoms with Crippen LogP contribution in [0.4, 0.5) is 0 Å². The number of rotatable bonds is 8. The zero-order chi connectivity index (χ0) is 23.4. The van der Waals surface area contributed by atoms with Gasteiger partial charge in [-0.05, 0) is 35.4 Å². The summed E-state index contributed by atoms with van der Waals surface area (Å²) in [7, 11) is -1.83. The van der Waals surface area contributed by atoms with Crippen LogP contribution in [0, 0.1) is 0 Å². The molecular formula is C22H25N4O6P. The van der Waals surface area contributed by atoms with E-state index in [-0.39, 0.29) is 30.3 Å². The van der Waals surface area contributed by atoms with Crippen LogP contribution in [0.2, 0.25) is 0 Å². The smallest absolute Gasteiger partial charge is 0.375 e. The summed E-state index contributed by atoms with van der Waals surface area (Å²) in [4.78, 5) is 25.2. The molecule has 0 spiro atoms. The van der Waals surface area contributed by atoms with Gasteiger partial charge in [-0.3, -0.25) is 4.57 Å². The van der Waals surface area contributed by atoms with Gasteiger partial charge in [0, 0.05) is 12.7 Å². The van der Waals surface area contributed by atoms with Crippen LogP contribution in [0.1, 0.15) is 27.8 Å². The Morgan fingerprint density at radius 3 is 2.55 bits per heavy atom. The summed E-state index contributed by atoms with van der Waals surface area (Å²) in [6.45, 7) is 0.837. The van der Waals surface area contributed by atoms with Crippen LogP contribution in [-0.4, -0.2) is 63.3 Å². The SMILES string of the molecule is COc1ccc(CP(=O)(O)CC2CNC(c3ccc(-n4cnc(C(=O)O)n4)cc3)CO2)cc1. The van der Waals surface area contributed by atoms with Crippen molar-refractivity contribution in [3.05, 3.63) is 71.8 Å². The highest BCUT2D eigenvalue weighted by atomic mass is 31.2. The molecule has 1 saturated heterocycles. The van der Waals surface area contributed by atoms with Crippen molar-refractivity contribution in [3.8, 4) is 11.4 Å². The molecule has 1 aromatic heterocycles. The maximum Gasteiger partial charge on any atom is 0.375 e. The number of aromatic carboxylic acids is 1. The molecule has 2 aromatic carbocycles. The van der Waals surface area contributed by atoms with Gasteiger partial charge >= 0.3 is 5.97 Å². The third-order valence-electron chi connectivity index (χ3n) is 5.41. The minimum atomic E-state index is -3.41. The summed E-state index contributed by atoms with van der Waals surface area (Å²) in [6, 6.07) is 14.5. The molecule has 0 radical (unpaired) electrons. The Balaban J connectivity index is 1.30. The van der Waals surface area contributed by atoms with E-state index in [4.69, 9.17) is 14.6 Å². The monoisotopic (exact) mass is 472 g/mol. The van der Waals surface area contributed by atoms with Crippen molar-refractivity contribution in [3.63, 3.8) is 0 Å². The number of nitrogens with zero attached hydrogens (tertiary/aromatic N) is 3. The average molecular weight is 472 g/mol. The van der Waals surface area contributed by atoms with Crippen molar-refractivity contribution in [2.24, 2.45) is 0 Å². The van der Waals surface area contributed by atoms with Gasteiger partial charge in [0.25, 0.3) is 5.82 Å². The topological polar surface area (TPSA) is 136 Å². The number of aromatic nitrogens is 3. The third-order valence-corrected chi connectivity index (χ3v) is 7.25. The average Bonchev–Trinajstić information content (AvgIpc) is 3.31. The summed E-state index contributed by atoms with van der Waals surface area (Å²) in [5, 5.41) is 16.2. The molecule has 0 bridgehead atoms. The summed E-state index contributed by atoms with van der Waals surface area (Å²) in [5.74, 6) is -0.739. The van der Waals surface area contributed by atoms with Gasteiger partial charge in [0.05, 0.1) is 37.7 Å². The van der Waals surface area contributed by atoms with E-state index in [1.807, 2.05) is 24.3 Å². The molecule has 2 heterocycles. The Labute approximate surface area is 190 Å². The molecule has 1 aliphatic heterocycles. The van der Waals surface area contributed by atoms with Gasteiger partial charge in [-0.2, -0.15) is 0 Å². The maximum atomic E-state index is 12.7. The third kappa shape index (κ3) is 5.85. The zero-order valence-corrected chi connectivity index (χ0v) is 18.9. The molecule has 4 rings (SSSR count). The Hall–Kier alpha value is -3.04. The molecule has 11 heteroatoms. The molecule has 3 unspecified atom stereocenters. The van der Waals surface area contributed by atoms with E-state index in [1.54, 1.807) is 31.4 Å². The number of morpholine rings is 1. The van der Waals surface area contributed by atoms with Crippen LogP contribution >= 0.6 is 7.37 Å². The van der Waals surface area contributed by atoms with Gasteiger partial charge < -0.3 is 24.8 Å². The Morgan fingerprint density at radius 1 is 1.24 bits per heavy atom. The molecule has 10 nitrogen and oxygen atoms in total. The first-order valence-electron chi connectivity index (χ1n) is 10.4. The fourth-order valence-corrected chi connectivity index (χ4v) is 5.48. The van der Waals surface area contributed by atoms with Crippen LogP contribution < -0.4 is 10.1 Å². The molecular weight excluding hydrogens is 447 g/mol. The highest BCUT2D eigenvalue weighted by Crippen LogP contribution is 2.46. The predicted octanol–water partition coefficient (Wildman–Crippen LogP) is 2.47. The fourth-order valence-electron chi connectivity index (χ4n) is 3.70. The van der Waals surface area contributed by atoms with Gasteiger partial charge in [0.15, 0.2) is 0 Å². The van der Waals surface area contributed by atoms with E-state index in [1.165, 1.54) is 11.0 Å². The van der Waals surface area contributed by atoms with E-state index in [9.17, 15) is 14.3 Å². The number of nitrogens with one attached hydrogen (secondary N) is 1. The minimum Gasteiger partial charge on any atom is -0.497 e. The van der Waals surface area contributed by atoms with Crippen LogP contribution in [0.5, 0.6) is 5.75 Å². The van der Waals surface area contributed by atoms with E-state index < -0.39 is 13.3 Å². The molecule has 0 saturated carbocycles. The molecule has 3 aromatic rings. The van der Waals surface area contributed by atoms with E-state index in [0.29, 0.717) is 24.6 Å². The molecule has 3 N–H and O–H groups in total. The minimum absolute atomic E-state index is 0.0553. The van der Waals surface area contributed by atoms with Crippen LogP contribution in [0.25, 0.3) is 5.69 Å². The Bertz CT molecular complexity index is 1140. The van der Waals surface area contributed by atoms with Gasteiger partial charge in [-0.1, -0.05) is 24.3 Å². The standard InChI is InChI=1S/C22H25N4O6P/c1-31-18-8-2-15(3-9-18)12-33(29,30)13-19-10-23-20(11-32-19)16-4-6-17(7-5-16)26-14-24-21(25-26)22(27)28/h2-9,14,19-20,23H,10-13H2,1H3,(H,27,28)(H,29,30). The van der Waals surface area contributed by atoms with Crippen molar-refractivity contribution < 1.29 is 28.8 Å². The summed E-state index contributed by atoms with van der Waals surface area (Å²) in [6.07, 6.45) is 1.17. The molecule has 3 atom stereocenters. The zero-order valence-electron chi connectivity index (χ0n) is 18.0. The normalized spacial score (nSPS) is 20.2. The second-order valence-corrected chi connectivity index (χ2v) is 10.2. The van der Waals surface area contributed by atoms with Crippen molar-refractivity contribution >= 4 is 13.3 Å². The van der Waals surface area contributed by atoms with Gasteiger partial charge in [-0.25, -0.2) is 14.5 Å². The number of methoxy groups -OCH3 is 1. The summed E-state index contributed by atoms with van der Waals surface area (Å²) >= 11 is 0. The van der Waals surface area contributed by atoms with Crippen LogP contribution in [-0.2, 0) is 15.5 Å². The van der Waals surface area contributed by atoms with Gasteiger partial charge in [0.1, 0.15) is 12.1 Å². The molecule has 1 fully saturated rings. The van der Waals surface area contributed by atoms with Crippen molar-refractivity contribution in [1.82, 2.24) is 20.1 Å². The number of benzene rings is 2. The van der Waals surface area contributed by atoms with E-state index >= 15 is 0 Å². The Morgan fingerprint density at radius 2 is 1.97 bits per heavy atom. The lowest BCUT2D eigenvalue weighted by molar-refractivity contribution is 0.0156. The van der Waals surface area contributed by atoms with E-state index in [0.717, 1.165) is 11.1 Å². The van der Waals surface area contributed by atoms with E-state index in [2.05, 4.69) is 15.4 Å². The van der Waals surface area contributed by atoms with Crippen LogP contribution in [0.3, 0.4) is 0 Å². The highest BCUT2D eigenvalue weighted by Gasteiger charge is 2.29. The summed E-state index contributed by atoms with van der Waals surface area (Å²) in [5.41, 5.74) is 2.46. The Kier molecular flexibility index (Phi) is 6.90. The highest BCUT2D eigenvalue weighted by molar-refractivity contribution is 7.57. The number of hydrogen-bond donors (Lipinski definition) is 3. The molecule has 174 valence electrons. The quantitative estimate of drug-likeness (QED) is 0.423. The molecule has 0 aliphatic carbocycles. The first kappa shape index (κ1) is 23.1. The predicted molar refractivity (Wildman–Crippen MR) is 120 cm³/mol. The van der Waals surface area contributed by atoms with Gasteiger partial charge in [0.2, 0.25) is 7.37 Å². The number of carboxylic acid groups (broad SMARTS) is 1. The lowest BCUT2D eigenvalue weighted by Gasteiger charge is -2.31. The molecule has 0 amide bonds. The number of hydrogen-bond acceptors (Lipinski definition) is 7. The van der Waals surface area contributed by atoms with Crippen LogP contribution in [0.15, 0.2) is 54.9 Å². The molecule has 33 heavy (non-hydrogen) atoms. The second kappa shape index (κ2) is 9.84. The lowest BCUT2D eigenvalue weighted by Crippen LogP contribution is -2.42. The van der Waals surface area contributed by atoms with Crippen molar-refractivity contribution in [2.75, 3.05) is 26.4 Å². The first-order valence-corrected chi connectivity index (χ1v) is 12.4. The number of ether oxygens (including phenoxy) is 2. The van der Waals surface area contributed by atoms with Gasteiger partial charge in [-0.15, -0.1) is 5.10 Å². The second-order valence-electron chi connectivity index (χ2n) is 7.86. The maximum absolute atomic E-state index is 12.7. The number of carboxylic acids is 1.